The molecule has 0 aliphatic heterocycles. The van der Waals surface area contributed by atoms with E-state index in [0.717, 1.165) is 9.90 Å². The molecule has 1 heterocycles. The summed E-state index contributed by atoms with van der Waals surface area (Å²) in [7, 11) is 2.93. The predicted octanol–water partition coefficient (Wildman–Crippen LogP) is 4.27. The molecule has 2 N–H and O–H groups in total. The van der Waals surface area contributed by atoms with Crippen molar-refractivity contribution in [1.29, 1.82) is 0 Å². The van der Waals surface area contributed by atoms with Crippen molar-refractivity contribution < 1.29 is 19.1 Å². The Balaban J connectivity index is 1.49. The minimum Gasteiger partial charge on any atom is -0.497 e. The third-order valence-electron chi connectivity index (χ3n) is 3.71. The van der Waals surface area contributed by atoms with Crippen LogP contribution in [0.15, 0.2) is 52.9 Å². The van der Waals surface area contributed by atoms with E-state index in [0.29, 0.717) is 27.9 Å². The third-order valence-corrected chi connectivity index (χ3v) is 5.76. The highest BCUT2D eigenvalue weighted by Gasteiger charge is 2.10. The Bertz CT molecular complexity index is 975. The van der Waals surface area contributed by atoms with Gasteiger partial charge in [0.2, 0.25) is 5.13 Å². The lowest BCUT2D eigenvalue weighted by Crippen LogP contribution is -2.19. The topological polar surface area (TPSA) is 102 Å². The van der Waals surface area contributed by atoms with Crippen LogP contribution >= 0.6 is 23.1 Å². The van der Waals surface area contributed by atoms with Crippen LogP contribution in [0.2, 0.25) is 0 Å². The molecule has 0 aliphatic carbocycles. The molecule has 1 aromatic heterocycles. The Kier molecular flexibility index (Phi) is 7.04. The van der Waals surface area contributed by atoms with Gasteiger partial charge in [0.05, 0.1) is 19.8 Å². The summed E-state index contributed by atoms with van der Waals surface area (Å²) in [6.07, 6.45) is 0. The molecule has 150 valence electrons. The molecule has 0 saturated carbocycles. The lowest BCUT2D eigenvalue weighted by atomic mass is 10.1. The zero-order valence-electron chi connectivity index (χ0n) is 15.7. The van der Waals surface area contributed by atoms with Crippen molar-refractivity contribution in [2.24, 2.45) is 0 Å². The number of carbonyl (C=O) groups excluding carboxylic acids is 2. The number of hydrogen-bond acceptors (Lipinski definition) is 8. The highest BCUT2D eigenvalue weighted by Crippen LogP contribution is 2.28. The third kappa shape index (κ3) is 5.93. The van der Waals surface area contributed by atoms with Gasteiger partial charge >= 0.3 is 12.0 Å². The fraction of sp³-hybridized carbons (Fsp3) is 0.158. The van der Waals surface area contributed by atoms with E-state index in [-0.39, 0.29) is 5.97 Å². The summed E-state index contributed by atoms with van der Waals surface area (Å²) in [6, 6.07) is 13.8. The number of nitrogens with zero attached hydrogens (tertiary/aromatic N) is 2. The number of thioether (sulfide) groups is 1. The summed E-state index contributed by atoms with van der Waals surface area (Å²) in [4.78, 5) is 23.5. The number of ether oxygens (including phenoxy) is 2. The van der Waals surface area contributed by atoms with Gasteiger partial charge in [0.15, 0.2) is 4.34 Å². The molecule has 0 radical (unpaired) electrons. The van der Waals surface area contributed by atoms with E-state index < -0.39 is 6.03 Å². The SMILES string of the molecule is COC(=O)c1ccc(CSc2nnc(NC(=O)Nc3ccc(OC)cc3)s2)cc1. The molecule has 3 rings (SSSR count). The van der Waals surface area contributed by atoms with Crippen molar-refractivity contribution in [3.05, 3.63) is 59.7 Å². The van der Waals surface area contributed by atoms with Crippen molar-refractivity contribution in [2.45, 2.75) is 10.1 Å². The number of amides is 2. The van der Waals surface area contributed by atoms with Gasteiger partial charge in [-0.2, -0.15) is 0 Å². The van der Waals surface area contributed by atoms with Crippen molar-refractivity contribution in [1.82, 2.24) is 10.2 Å². The predicted molar refractivity (Wildman–Crippen MR) is 113 cm³/mol. The maximum atomic E-state index is 12.1. The number of urea groups is 1. The van der Waals surface area contributed by atoms with E-state index in [1.807, 2.05) is 12.1 Å². The van der Waals surface area contributed by atoms with E-state index in [1.165, 1.54) is 30.2 Å². The first kappa shape index (κ1) is 20.6. The van der Waals surface area contributed by atoms with Crippen molar-refractivity contribution >= 4 is 45.9 Å². The van der Waals surface area contributed by atoms with Crippen LogP contribution in [0.1, 0.15) is 15.9 Å². The Hall–Kier alpha value is -3.11. The summed E-state index contributed by atoms with van der Waals surface area (Å²) in [5.41, 5.74) is 2.17. The summed E-state index contributed by atoms with van der Waals surface area (Å²) < 4.78 is 10.5. The smallest absolute Gasteiger partial charge is 0.337 e. The largest absolute Gasteiger partial charge is 0.497 e. The van der Waals surface area contributed by atoms with E-state index in [4.69, 9.17) is 4.74 Å². The summed E-state index contributed by atoms with van der Waals surface area (Å²) >= 11 is 2.78. The summed E-state index contributed by atoms with van der Waals surface area (Å²) in [5, 5.41) is 13.8. The molecule has 0 saturated heterocycles. The van der Waals surface area contributed by atoms with Crippen LogP contribution in [0.3, 0.4) is 0 Å². The van der Waals surface area contributed by atoms with Gasteiger partial charge in [-0.05, 0) is 42.0 Å². The number of aromatic nitrogens is 2. The minimum absolute atomic E-state index is 0.364. The van der Waals surface area contributed by atoms with Gasteiger partial charge in [0.1, 0.15) is 5.75 Å². The fourth-order valence-corrected chi connectivity index (χ4v) is 3.96. The van der Waals surface area contributed by atoms with Crippen LogP contribution in [-0.2, 0) is 10.5 Å². The van der Waals surface area contributed by atoms with Crippen LogP contribution in [0.5, 0.6) is 5.75 Å². The highest BCUT2D eigenvalue weighted by molar-refractivity contribution is 8.00. The number of benzene rings is 2. The van der Waals surface area contributed by atoms with Gasteiger partial charge in [-0.3, -0.25) is 5.32 Å². The van der Waals surface area contributed by atoms with E-state index in [9.17, 15) is 9.59 Å². The van der Waals surface area contributed by atoms with Crippen LogP contribution < -0.4 is 15.4 Å². The first-order chi connectivity index (χ1) is 14.1. The monoisotopic (exact) mass is 430 g/mol. The van der Waals surface area contributed by atoms with Gasteiger partial charge in [-0.1, -0.05) is 35.2 Å². The molecule has 0 fully saturated rings. The number of rotatable bonds is 7. The van der Waals surface area contributed by atoms with E-state index in [2.05, 4.69) is 25.6 Å². The lowest BCUT2D eigenvalue weighted by Gasteiger charge is -2.05. The fourth-order valence-electron chi connectivity index (χ4n) is 2.25. The zero-order chi connectivity index (χ0) is 20.6. The molecule has 10 heteroatoms. The molecule has 0 aliphatic rings. The molecular formula is C19H18N4O4S2. The second-order valence-electron chi connectivity index (χ2n) is 5.66. The van der Waals surface area contributed by atoms with Gasteiger partial charge in [0, 0.05) is 11.4 Å². The van der Waals surface area contributed by atoms with Crippen LogP contribution in [0.4, 0.5) is 15.6 Å². The highest BCUT2D eigenvalue weighted by atomic mass is 32.2. The average molecular weight is 431 g/mol. The normalized spacial score (nSPS) is 10.3. The number of methoxy groups -OCH3 is 2. The first-order valence-electron chi connectivity index (χ1n) is 8.43. The number of anilines is 2. The van der Waals surface area contributed by atoms with Crippen LogP contribution in [0.25, 0.3) is 0 Å². The average Bonchev–Trinajstić information content (AvgIpc) is 3.19. The summed E-state index contributed by atoms with van der Waals surface area (Å²) in [5.74, 6) is 1.01. The van der Waals surface area contributed by atoms with Gasteiger partial charge in [-0.15, -0.1) is 10.2 Å². The molecule has 2 aromatic carbocycles. The Labute approximate surface area is 175 Å². The van der Waals surface area contributed by atoms with Crippen LogP contribution in [-0.4, -0.2) is 36.4 Å². The second-order valence-corrected chi connectivity index (χ2v) is 7.86. The van der Waals surface area contributed by atoms with Gasteiger partial charge in [0.25, 0.3) is 0 Å². The molecule has 2 amide bonds. The number of esters is 1. The standard InChI is InChI=1S/C19H18N4O4S2/c1-26-15-9-7-14(8-10-15)20-17(25)21-18-22-23-19(29-18)28-11-12-3-5-13(6-4-12)16(24)27-2/h3-10H,11H2,1-2H3,(H2,20,21,22,25). The number of nitrogens with one attached hydrogen (secondary N) is 2. The second kappa shape index (κ2) is 9.89. The maximum absolute atomic E-state index is 12.1. The quantitative estimate of drug-likeness (QED) is 0.328. The van der Waals surface area contributed by atoms with Crippen molar-refractivity contribution in [3.8, 4) is 5.75 Å². The molecule has 29 heavy (non-hydrogen) atoms. The zero-order valence-corrected chi connectivity index (χ0v) is 17.3. The molecule has 0 atom stereocenters. The first-order valence-corrected chi connectivity index (χ1v) is 10.2. The lowest BCUT2D eigenvalue weighted by molar-refractivity contribution is 0.0600. The van der Waals surface area contributed by atoms with Gasteiger partial charge in [-0.25, -0.2) is 9.59 Å². The van der Waals surface area contributed by atoms with E-state index >= 15 is 0 Å². The number of hydrogen-bond donors (Lipinski definition) is 2. The van der Waals surface area contributed by atoms with Gasteiger partial charge < -0.3 is 14.8 Å². The number of carbonyl (C=O) groups is 2. The maximum Gasteiger partial charge on any atom is 0.337 e. The Morgan fingerprint density at radius 2 is 1.72 bits per heavy atom. The Morgan fingerprint density at radius 1 is 1.00 bits per heavy atom. The molecule has 3 aromatic rings. The molecule has 0 spiro atoms. The van der Waals surface area contributed by atoms with Crippen molar-refractivity contribution in [2.75, 3.05) is 24.9 Å². The molecular weight excluding hydrogens is 412 g/mol. The summed E-state index contributed by atoms with van der Waals surface area (Å²) in [6.45, 7) is 0. The van der Waals surface area contributed by atoms with Crippen LogP contribution in [0, 0.1) is 0 Å². The molecule has 0 bridgehead atoms. The Morgan fingerprint density at radius 3 is 2.38 bits per heavy atom. The molecule has 8 nitrogen and oxygen atoms in total. The minimum atomic E-state index is -0.402. The van der Waals surface area contributed by atoms with Crippen molar-refractivity contribution in [3.63, 3.8) is 0 Å². The molecule has 0 unspecified atom stereocenters. The van der Waals surface area contributed by atoms with E-state index in [1.54, 1.807) is 43.5 Å².